The van der Waals surface area contributed by atoms with Gasteiger partial charge >= 0.3 is 0 Å². The predicted octanol–water partition coefficient (Wildman–Crippen LogP) is 1.04. The fraction of sp³-hybridized carbons (Fsp3) is 0.938. The summed E-state index contributed by atoms with van der Waals surface area (Å²) in [7, 11) is -3.11. The van der Waals surface area contributed by atoms with Gasteiger partial charge in [0, 0.05) is 38.1 Å². The van der Waals surface area contributed by atoms with Crippen LogP contribution in [0.2, 0.25) is 0 Å². The maximum atomic E-state index is 12.2. The van der Waals surface area contributed by atoms with Gasteiger partial charge in [0.05, 0.1) is 5.75 Å². The average Bonchev–Trinajstić information content (AvgIpc) is 2.56. The summed E-state index contributed by atoms with van der Waals surface area (Å²) >= 11 is 0. The number of amides is 1. The highest BCUT2D eigenvalue weighted by molar-refractivity contribution is 7.89. The summed E-state index contributed by atoms with van der Waals surface area (Å²) in [5.41, 5.74) is 0. The summed E-state index contributed by atoms with van der Waals surface area (Å²) in [4.78, 5) is 14.7. The lowest BCUT2D eigenvalue weighted by atomic mass is 9.97. The van der Waals surface area contributed by atoms with Crippen molar-refractivity contribution in [1.82, 2.24) is 14.5 Å². The lowest BCUT2D eigenvalue weighted by Gasteiger charge is -2.33. The first-order valence-corrected chi connectivity index (χ1v) is 10.5. The van der Waals surface area contributed by atoms with E-state index in [1.54, 1.807) is 6.92 Å². The molecule has 2 aliphatic heterocycles. The van der Waals surface area contributed by atoms with Gasteiger partial charge in [-0.1, -0.05) is 6.42 Å². The quantitative estimate of drug-likeness (QED) is 0.781. The molecule has 0 bridgehead atoms. The molecule has 23 heavy (non-hydrogen) atoms. The van der Waals surface area contributed by atoms with Crippen molar-refractivity contribution in [3.05, 3.63) is 0 Å². The lowest BCUT2D eigenvalue weighted by molar-refractivity contribution is -0.126. The molecular formula is C16H31N3O3S. The van der Waals surface area contributed by atoms with E-state index < -0.39 is 10.0 Å². The van der Waals surface area contributed by atoms with Crippen LogP contribution in [0.25, 0.3) is 0 Å². The lowest BCUT2D eigenvalue weighted by Crippen LogP contribution is -2.46. The van der Waals surface area contributed by atoms with Crippen molar-refractivity contribution in [1.29, 1.82) is 0 Å². The minimum Gasteiger partial charge on any atom is -0.355 e. The summed E-state index contributed by atoms with van der Waals surface area (Å²) in [6.07, 6.45) is 5.07. The van der Waals surface area contributed by atoms with Gasteiger partial charge in [0.15, 0.2) is 0 Å². The van der Waals surface area contributed by atoms with Gasteiger partial charge in [-0.05, 0) is 46.1 Å². The number of carbonyl (C=O) groups is 1. The first-order chi connectivity index (χ1) is 10.9. The molecule has 0 aromatic carbocycles. The molecule has 2 saturated heterocycles. The second-order valence-corrected chi connectivity index (χ2v) is 9.00. The van der Waals surface area contributed by atoms with E-state index in [1.807, 2.05) is 0 Å². The topological polar surface area (TPSA) is 69.7 Å². The summed E-state index contributed by atoms with van der Waals surface area (Å²) < 4.78 is 25.2. The molecule has 0 aliphatic carbocycles. The Kier molecular flexibility index (Phi) is 6.85. The van der Waals surface area contributed by atoms with E-state index in [1.165, 1.54) is 23.6 Å². The minimum absolute atomic E-state index is 0.0444. The van der Waals surface area contributed by atoms with E-state index in [2.05, 4.69) is 17.1 Å². The molecule has 1 amide bonds. The number of nitrogens with zero attached hydrogens (tertiary/aromatic N) is 2. The van der Waals surface area contributed by atoms with Crippen LogP contribution in [0, 0.1) is 5.92 Å². The standard InChI is InChI=1S/C16H31N3O3S/c1-3-23(21,22)19-11-7-15(8-12-19)16(20)17-9-13-18-10-5-4-6-14(18)2/h14-15H,3-13H2,1-2H3,(H,17,20)/t14-/m0/s1. The van der Waals surface area contributed by atoms with Crippen LogP contribution in [0.3, 0.4) is 0 Å². The van der Waals surface area contributed by atoms with E-state index in [0.717, 1.165) is 13.1 Å². The van der Waals surface area contributed by atoms with Crippen molar-refractivity contribution in [3.63, 3.8) is 0 Å². The second-order valence-electron chi connectivity index (χ2n) is 6.75. The summed E-state index contributed by atoms with van der Waals surface area (Å²) in [6.45, 7) is 7.59. The highest BCUT2D eigenvalue weighted by Crippen LogP contribution is 2.20. The maximum absolute atomic E-state index is 12.2. The Hall–Kier alpha value is -0.660. The molecule has 0 unspecified atom stereocenters. The van der Waals surface area contributed by atoms with Crippen LogP contribution in [0.1, 0.15) is 46.0 Å². The Morgan fingerprint density at radius 2 is 1.83 bits per heavy atom. The molecule has 7 heteroatoms. The third-order valence-electron chi connectivity index (χ3n) is 5.22. The molecule has 0 aromatic rings. The Morgan fingerprint density at radius 3 is 2.43 bits per heavy atom. The van der Waals surface area contributed by atoms with E-state index in [0.29, 0.717) is 38.5 Å². The normalized spacial score (nSPS) is 25.4. The molecule has 6 nitrogen and oxygen atoms in total. The number of sulfonamides is 1. The van der Waals surface area contributed by atoms with Gasteiger partial charge in [-0.25, -0.2) is 12.7 Å². The third-order valence-corrected chi connectivity index (χ3v) is 7.10. The van der Waals surface area contributed by atoms with Gasteiger partial charge in [-0.3, -0.25) is 9.69 Å². The van der Waals surface area contributed by atoms with E-state index in [-0.39, 0.29) is 17.6 Å². The van der Waals surface area contributed by atoms with E-state index in [9.17, 15) is 13.2 Å². The molecule has 0 radical (unpaired) electrons. The molecule has 1 N–H and O–H groups in total. The minimum atomic E-state index is -3.11. The Balaban J connectivity index is 1.69. The Labute approximate surface area is 140 Å². The second kappa shape index (κ2) is 8.44. The average molecular weight is 346 g/mol. The smallest absolute Gasteiger partial charge is 0.223 e. The van der Waals surface area contributed by atoms with Crippen molar-refractivity contribution in [2.45, 2.75) is 52.0 Å². The van der Waals surface area contributed by atoms with Crippen LogP contribution in [-0.2, 0) is 14.8 Å². The van der Waals surface area contributed by atoms with Crippen molar-refractivity contribution in [2.24, 2.45) is 5.92 Å². The Morgan fingerprint density at radius 1 is 1.13 bits per heavy atom. The molecule has 2 rings (SSSR count). The molecule has 0 saturated carbocycles. The monoisotopic (exact) mass is 345 g/mol. The zero-order chi connectivity index (χ0) is 16.9. The number of hydrogen-bond acceptors (Lipinski definition) is 4. The number of likely N-dealkylation sites (tertiary alicyclic amines) is 1. The number of hydrogen-bond donors (Lipinski definition) is 1. The summed E-state index contributed by atoms with van der Waals surface area (Å²) in [5, 5.41) is 3.04. The predicted molar refractivity (Wildman–Crippen MR) is 91.7 cm³/mol. The van der Waals surface area contributed by atoms with Gasteiger partial charge in [0.2, 0.25) is 15.9 Å². The summed E-state index contributed by atoms with van der Waals surface area (Å²) in [6, 6.07) is 0.614. The van der Waals surface area contributed by atoms with Crippen LogP contribution in [0.4, 0.5) is 0 Å². The van der Waals surface area contributed by atoms with Gasteiger partial charge < -0.3 is 5.32 Å². The van der Waals surface area contributed by atoms with Gasteiger partial charge in [0.1, 0.15) is 0 Å². The highest BCUT2D eigenvalue weighted by Gasteiger charge is 2.30. The van der Waals surface area contributed by atoms with Crippen LogP contribution in [0.15, 0.2) is 0 Å². The SMILES string of the molecule is CCS(=O)(=O)N1CCC(C(=O)NCCN2CCCC[C@@H]2C)CC1. The van der Waals surface area contributed by atoms with Crippen molar-refractivity contribution in [2.75, 3.05) is 38.5 Å². The fourth-order valence-electron chi connectivity index (χ4n) is 3.54. The molecular weight excluding hydrogens is 314 g/mol. The fourth-order valence-corrected chi connectivity index (χ4v) is 4.67. The highest BCUT2D eigenvalue weighted by atomic mass is 32.2. The molecule has 134 valence electrons. The van der Waals surface area contributed by atoms with Crippen LogP contribution in [0.5, 0.6) is 0 Å². The van der Waals surface area contributed by atoms with Crippen LogP contribution < -0.4 is 5.32 Å². The first kappa shape index (κ1) is 18.7. The van der Waals surface area contributed by atoms with Crippen LogP contribution >= 0.6 is 0 Å². The molecule has 2 fully saturated rings. The largest absolute Gasteiger partial charge is 0.355 e. The van der Waals surface area contributed by atoms with Gasteiger partial charge in [-0.15, -0.1) is 0 Å². The number of nitrogens with one attached hydrogen (secondary N) is 1. The first-order valence-electron chi connectivity index (χ1n) is 8.93. The summed E-state index contributed by atoms with van der Waals surface area (Å²) in [5.74, 6) is 0.179. The maximum Gasteiger partial charge on any atom is 0.223 e. The van der Waals surface area contributed by atoms with Gasteiger partial charge in [-0.2, -0.15) is 0 Å². The molecule has 2 heterocycles. The number of piperidine rings is 2. The van der Waals surface area contributed by atoms with Gasteiger partial charge in [0.25, 0.3) is 0 Å². The number of rotatable bonds is 6. The molecule has 0 aromatic heterocycles. The zero-order valence-electron chi connectivity index (χ0n) is 14.5. The van der Waals surface area contributed by atoms with E-state index in [4.69, 9.17) is 0 Å². The Bertz CT molecular complexity index is 487. The van der Waals surface area contributed by atoms with Crippen LogP contribution in [-0.4, -0.2) is 68.0 Å². The molecule has 0 spiro atoms. The third kappa shape index (κ3) is 5.16. The molecule has 2 aliphatic rings. The van der Waals surface area contributed by atoms with Crippen molar-refractivity contribution in [3.8, 4) is 0 Å². The zero-order valence-corrected chi connectivity index (χ0v) is 15.3. The molecule has 1 atom stereocenters. The van der Waals surface area contributed by atoms with E-state index >= 15 is 0 Å². The van der Waals surface area contributed by atoms with Crippen molar-refractivity contribution >= 4 is 15.9 Å². The number of carbonyl (C=O) groups excluding carboxylic acids is 1. The van der Waals surface area contributed by atoms with Crippen molar-refractivity contribution < 1.29 is 13.2 Å².